The van der Waals surface area contributed by atoms with Gasteiger partial charge in [-0.15, -0.1) is 0 Å². The van der Waals surface area contributed by atoms with Crippen molar-refractivity contribution in [1.82, 2.24) is 9.80 Å². The molecule has 0 bridgehead atoms. The van der Waals surface area contributed by atoms with Gasteiger partial charge in [-0.3, -0.25) is 9.59 Å². The predicted octanol–water partition coefficient (Wildman–Crippen LogP) is 3.94. The van der Waals surface area contributed by atoms with E-state index in [0.29, 0.717) is 36.6 Å². The van der Waals surface area contributed by atoms with E-state index in [1.54, 1.807) is 48.4 Å². The normalized spacial score (nSPS) is 17.3. The largest absolute Gasteiger partial charge is 0.507 e. The van der Waals surface area contributed by atoms with E-state index in [9.17, 15) is 14.7 Å². The third kappa shape index (κ3) is 5.31. The predicted molar refractivity (Wildman–Crippen MR) is 132 cm³/mol. The first-order valence-corrected chi connectivity index (χ1v) is 11.2. The minimum absolute atomic E-state index is 0.0860. The van der Waals surface area contributed by atoms with E-state index in [1.165, 1.54) is 0 Å². The lowest BCUT2D eigenvalue weighted by Crippen LogP contribution is -2.32. The molecular formula is C27H32N2O5. The van der Waals surface area contributed by atoms with Crippen LogP contribution in [0.5, 0.6) is 11.5 Å². The third-order valence-electron chi connectivity index (χ3n) is 5.80. The van der Waals surface area contributed by atoms with Crippen LogP contribution in [0.2, 0.25) is 0 Å². The van der Waals surface area contributed by atoms with Crippen LogP contribution in [-0.4, -0.2) is 67.5 Å². The van der Waals surface area contributed by atoms with E-state index < -0.39 is 17.7 Å². The molecule has 0 aliphatic carbocycles. The second-order valence-corrected chi connectivity index (χ2v) is 8.50. The standard InChI is InChI=1S/C27H32N2O5/c1-6-16-34-21-12-13-22(18(2)17-21)25(30)23-24(19-8-10-20(33-5)11-9-19)29(27(32)26(23)31)15-7-14-28(3)4/h6,8-13,17,24,30H,1,7,14-16H2,2-5H3/t24-/m1/s1. The Labute approximate surface area is 200 Å². The number of aliphatic hydroxyl groups excluding tert-OH is 1. The molecule has 0 saturated carbocycles. The summed E-state index contributed by atoms with van der Waals surface area (Å²) in [5.41, 5.74) is 2.03. The van der Waals surface area contributed by atoms with Crippen LogP contribution in [0.4, 0.5) is 0 Å². The lowest BCUT2D eigenvalue weighted by atomic mass is 9.93. The highest BCUT2D eigenvalue weighted by atomic mass is 16.5. The highest BCUT2D eigenvalue weighted by Crippen LogP contribution is 2.40. The first kappa shape index (κ1) is 25.1. The Kier molecular flexibility index (Phi) is 8.12. The molecule has 7 heteroatoms. The maximum atomic E-state index is 13.2. The molecule has 2 aromatic carbocycles. The van der Waals surface area contributed by atoms with Gasteiger partial charge >= 0.3 is 0 Å². The van der Waals surface area contributed by atoms with E-state index in [0.717, 1.165) is 17.7 Å². The van der Waals surface area contributed by atoms with Gasteiger partial charge in [-0.25, -0.2) is 0 Å². The molecule has 1 fully saturated rings. The molecule has 1 heterocycles. The van der Waals surface area contributed by atoms with Crippen LogP contribution in [0.25, 0.3) is 5.76 Å². The van der Waals surface area contributed by atoms with Gasteiger partial charge in [0, 0.05) is 12.1 Å². The average molecular weight is 465 g/mol. The van der Waals surface area contributed by atoms with Gasteiger partial charge in [-0.1, -0.05) is 24.8 Å². The number of benzene rings is 2. The summed E-state index contributed by atoms with van der Waals surface area (Å²) in [6.07, 6.45) is 2.34. The van der Waals surface area contributed by atoms with Crippen molar-refractivity contribution in [2.45, 2.75) is 19.4 Å². The summed E-state index contributed by atoms with van der Waals surface area (Å²) in [6, 6.07) is 11.7. The summed E-state index contributed by atoms with van der Waals surface area (Å²) in [5, 5.41) is 11.3. The van der Waals surface area contributed by atoms with Crippen molar-refractivity contribution in [3.63, 3.8) is 0 Å². The summed E-state index contributed by atoms with van der Waals surface area (Å²) in [5.74, 6) is -0.189. The number of Topliss-reactive ketones (excluding diaryl/α,β-unsaturated/α-hetero) is 1. The van der Waals surface area contributed by atoms with Crippen molar-refractivity contribution < 1.29 is 24.2 Å². The van der Waals surface area contributed by atoms with E-state index in [4.69, 9.17) is 9.47 Å². The van der Waals surface area contributed by atoms with Gasteiger partial charge in [0.1, 0.15) is 23.9 Å². The number of likely N-dealkylation sites (tertiary alicyclic amines) is 1. The Bertz CT molecular complexity index is 1090. The zero-order chi connectivity index (χ0) is 24.8. The molecule has 1 aliphatic heterocycles. The zero-order valence-electron chi connectivity index (χ0n) is 20.2. The molecule has 7 nitrogen and oxygen atoms in total. The number of carbonyl (C=O) groups excluding carboxylic acids is 2. The van der Waals surface area contributed by atoms with E-state index in [2.05, 4.69) is 6.58 Å². The summed E-state index contributed by atoms with van der Waals surface area (Å²) in [7, 11) is 5.49. The van der Waals surface area contributed by atoms with Gasteiger partial charge in [-0.05, 0) is 75.4 Å². The summed E-state index contributed by atoms with van der Waals surface area (Å²) < 4.78 is 10.8. The average Bonchev–Trinajstić information content (AvgIpc) is 3.07. The number of amides is 1. The highest BCUT2D eigenvalue weighted by Gasteiger charge is 2.45. The Morgan fingerprint density at radius 2 is 1.82 bits per heavy atom. The first-order valence-electron chi connectivity index (χ1n) is 11.2. The van der Waals surface area contributed by atoms with Crippen molar-refractivity contribution in [3.8, 4) is 11.5 Å². The molecule has 1 amide bonds. The molecule has 0 aromatic heterocycles. The van der Waals surface area contributed by atoms with E-state index in [-0.39, 0.29) is 11.3 Å². The number of carbonyl (C=O) groups is 2. The Hall–Kier alpha value is -3.58. The molecule has 1 atom stereocenters. The molecule has 1 N–H and O–H groups in total. The van der Waals surface area contributed by atoms with Gasteiger partial charge < -0.3 is 24.4 Å². The minimum Gasteiger partial charge on any atom is -0.507 e. The Morgan fingerprint density at radius 3 is 2.41 bits per heavy atom. The molecule has 1 saturated heterocycles. The number of nitrogens with zero attached hydrogens (tertiary/aromatic N) is 2. The number of aryl methyl sites for hydroxylation is 1. The lowest BCUT2D eigenvalue weighted by molar-refractivity contribution is -0.139. The third-order valence-corrected chi connectivity index (χ3v) is 5.80. The van der Waals surface area contributed by atoms with Crippen LogP contribution in [0.15, 0.2) is 60.7 Å². The minimum atomic E-state index is -0.691. The van der Waals surface area contributed by atoms with Gasteiger partial charge in [0.2, 0.25) is 0 Å². The number of rotatable bonds is 10. The molecule has 0 radical (unpaired) electrons. The smallest absolute Gasteiger partial charge is 0.295 e. The molecule has 180 valence electrons. The highest BCUT2D eigenvalue weighted by molar-refractivity contribution is 6.46. The number of ketones is 1. The van der Waals surface area contributed by atoms with Crippen LogP contribution >= 0.6 is 0 Å². The second-order valence-electron chi connectivity index (χ2n) is 8.50. The van der Waals surface area contributed by atoms with Crippen molar-refractivity contribution in [2.75, 3.05) is 40.9 Å². The number of methoxy groups -OCH3 is 1. The number of hydrogen-bond donors (Lipinski definition) is 1. The van der Waals surface area contributed by atoms with Crippen LogP contribution in [0.3, 0.4) is 0 Å². The number of aliphatic hydroxyl groups is 1. The summed E-state index contributed by atoms with van der Waals surface area (Å²) in [6.45, 7) is 6.99. The molecule has 0 unspecified atom stereocenters. The Morgan fingerprint density at radius 1 is 1.15 bits per heavy atom. The second kappa shape index (κ2) is 11.0. The summed E-state index contributed by atoms with van der Waals surface area (Å²) >= 11 is 0. The molecular weight excluding hydrogens is 432 g/mol. The fourth-order valence-corrected chi connectivity index (χ4v) is 4.09. The maximum Gasteiger partial charge on any atom is 0.295 e. The van der Waals surface area contributed by atoms with Crippen LogP contribution in [-0.2, 0) is 9.59 Å². The molecule has 3 rings (SSSR count). The van der Waals surface area contributed by atoms with Crippen LogP contribution in [0.1, 0.15) is 29.2 Å². The Balaban J connectivity index is 2.07. The summed E-state index contributed by atoms with van der Waals surface area (Å²) in [4.78, 5) is 29.8. The van der Waals surface area contributed by atoms with Crippen LogP contribution < -0.4 is 9.47 Å². The zero-order valence-corrected chi connectivity index (χ0v) is 20.2. The van der Waals surface area contributed by atoms with Gasteiger partial charge in [0.05, 0.1) is 18.7 Å². The van der Waals surface area contributed by atoms with Gasteiger partial charge in [0.25, 0.3) is 11.7 Å². The van der Waals surface area contributed by atoms with Crippen molar-refractivity contribution in [1.29, 1.82) is 0 Å². The van der Waals surface area contributed by atoms with Crippen molar-refractivity contribution >= 4 is 17.4 Å². The number of ether oxygens (including phenoxy) is 2. The molecule has 1 aliphatic rings. The van der Waals surface area contributed by atoms with Gasteiger partial charge in [0.15, 0.2) is 0 Å². The monoisotopic (exact) mass is 464 g/mol. The van der Waals surface area contributed by atoms with Crippen molar-refractivity contribution in [3.05, 3.63) is 77.4 Å². The fourth-order valence-electron chi connectivity index (χ4n) is 4.09. The molecule has 34 heavy (non-hydrogen) atoms. The van der Waals surface area contributed by atoms with Crippen LogP contribution in [0, 0.1) is 6.92 Å². The maximum absolute atomic E-state index is 13.2. The lowest BCUT2D eigenvalue weighted by Gasteiger charge is -2.26. The van der Waals surface area contributed by atoms with E-state index in [1.807, 2.05) is 38.1 Å². The van der Waals surface area contributed by atoms with E-state index >= 15 is 0 Å². The quantitative estimate of drug-likeness (QED) is 0.248. The fraction of sp³-hybridized carbons (Fsp3) is 0.333. The first-order chi connectivity index (χ1) is 16.3. The number of hydrogen-bond acceptors (Lipinski definition) is 6. The topological polar surface area (TPSA) is 79.3 Å². The van der Waals surface area contributed by atoms with Gasteiger partial charge in [-0.2, -0.15) is 0 Å². The molecule has 2 aromatic rings. The van der Waals surface area contributed by atoms with Crippen molar-refractivity contribution in [2.24, 2.45) is 0 Å². The SMILES string of the molecule is C=CCOc1ccc(C(O)=C2C(=O)C(=O)N(CCCN(C)C)[C@@H]2c2ccc(OC)cc2)c(C)c1. The molecule has 0 spiro atoms.